The number of hydrogen-bond acceptors (Lipinski definition) is 4. The number of hydrogen-bond donors (Lipinski definition) is 0. The third-order valence-corrected chi connectivity index (χ3v) is 6.93. The zero-order valence-electron chi connectivity index (χ0n) is 13.1. The first-order chi connectivity index (χ1) is 10.4. The maximum absolute atomic E-state index is 12.7. The second kappa shape index (κ2) is 6.11. The second-order valence-corrected chi connectivity index (χ2v) is 8.57. The van der Waals surface area contributed by atoms with Gasteiger partial charge in [0.05, 0.1) is 0 Å². The highest BCUT2D eigenvalue weighted by atomic mass is 35.5. The fourth-order valence-corrected chi connectivity index (χ4v) is 5.29. The zero-order valence-corrected chi connectivity index (χ0v) is 14.6. The molecule has 3 rings (SSSR count). The van der Waals surface area contributed by atoms with Crippen molar-refractivity contribution in [2.45, 2.75) is 49.7 Å². The third kappa shape index (κ3) is 2.91. The van der Waals surface area contributed by atoms with Crippen LogP contribution in [-0.4, -0.2) is 58.9 Å². The Balaban J connectivity index is 1.74. The van der Waals surface area contributed by atoms with Crippen LogP contribution in [0.1, 0.15) is 32.6 Å². The molecule has 1 saturated carbocycles. The van der Waals surface area contributed by atoms with E-state index in [-0.39, 0.29) is 16.4 Å². The molecule has 0 N–H and O–H groups in total. The fourth-order valence-electron chi connectivity index (χ4n) is 3.61. The molecule has 2 fully saturated rings. The SMILES string of the molecule is CC1CN(S(=O)(=O)c2cn(C)c(Cl)n2)CCN1C1CCCC1. The average Bonchev–Trinajstić information content (AvgIpc) is 3.10. The van der Waals surface area contributed by atoms with E-state index in [4.69, 9.17) is 11.6 Å². The molecule has 0 radical (unpaired) electrons. The lowest BCUT2D eigenvalue weighted by atomic mass is 10.1. The van der Waals surface area contributed by atoms with Gasteiger partial charge in [-0.25, -0.2) is 13.4 Å². The Morgan fingerprint density at radius 3 is 2.50 bits per heavy atom. The summed E-state index contributed by atoms with van der Waals surface area (Å²) in [7, 11) is -1.86. The predicted molar refractivity (Wildman–Crippen MR) is 85.4 cm³/mol. The summed E-state index contributed by atoms with van der Waals surface area (Å²) in [5.41, 5.74) is 0. The van der Waals surface area contributed by atoms with E-state index in [2.05, 4.69) is 16.8 Å². The van der Waals surface area contributed by atoms with Crippen molar-refractivity contribution in [1.82, 2.24) is 18.8 Å². The molecule has 1 aromatic heterocycles. The van der Waals surface area contributed by atoms with E-state index in [0.717, 1.165) is 6.54 Å². The van der Waals surface area contributed by atoms with Gasteiger partial charge in [-0.2, -0.15) is 4.31 Å². The summed E-state index contributed by atoms with van der Waals surface area (Å²) in [6, 6.07) is 0.870. The maximum atomic E-state index is 12.7. The highest BCUT2D eigenvalue weighted by Crippen LogP contribution is 2.28. The van der Waals surface area contributed by atoms with Crippen molar-refractivity contribution in [2.75, 3.05) is 19.6 Å². The Bertz CT molecular complexity index is 620. The fraction of sp³-hybridized carbons (Fsp3) is 0.786. The first kappa shape index (κ1) is 16.2. The molecule has 6 nitrogen and oxygen atoms in total. The van der Waals surface area contributed by atoms with Crippen molar-refractivity contribution in [2.24, 2.45) is 7.05 Å². The molecule has 1 unspecified atom stereocenters. The van der Waals surface area contributed by atoms with Gasteiger partial charge < -0.3 is 4.57 Å². The van der Waals surface area contributed by atoms with E-state index < -0.39 is 10.0 Å². The Kier molecular flexibility index (Phi) is 4.51. The highest BCUT2D eigenvalue weighted by molar-refractivity contribution is 7.89. The van der Waals surface area contributed by atoms with Gasteiger partial charge in [-0.1, -0.05) is 12.8 Å². The molecule has 1 aliphatic carbocycles. The molecule has 1 aliphatic heterocycles. The van der Waals surface area contributed by atoms with Gasteiger partial charge in [0.2, 0.25) is 5.28 Å². The van der Waals surface area contributed by atoms with E-state index in [9.17, 15) is 8.42 Å². The van der Waals surface area contributed by atoms with Crippen LogP contribution >= 0.6 is 11.6 Å². The number of halogens is 1. The number of sulfonamides is 1. The van der Waals surface area contributed by atoms with E-state index in [1.54, 1.807) is 11.4 Å². The molecule has 0 bridgehead atoms. The first-order valence-electron chi connectivity index (χ1n) is 7.84. The molecule has 1 aromatic rings. The Morgan fingerprint density at radius 2 is 1.95 bits per heavy atom. The van der Waals surface area contributed by atoms with Gasteiger partial charge >= 0.3 is 0 Å². The second-order valence-electron chi connectivity index (χ2n) is 6.35. The average molecular weight is 347 g/mol. The van der Waals surface area contributed by atoms with E-state index in [1.165, 1.54) is 36.4 Å². The molecule has 1 saturated heterocycles. The summed E-state index contributed by atoms with van der Waals surface area (Å²) in [5, 5.41) is 0.234. The van der Waals surface area contributed by atoms with Gasteiger partial charge in [-0.15, -0.1) is 0 Å². The largest absolute Gasteiger partial charge is 0.323 e. The molecule has 2 aliphatic rings. The van der Waals surface area contributed by atoms with Crippen LogP contribution in [0.2, 0.25) is 5.28 Å². The normalized spacial score (nSPS) is 25.9. The zero-order chi connectivity index (χ0) is 15.9. The molecule has 2 heterocycles. The summed E-state index contributed by atoms with van der Waals surface area (Å²) in [6.45, 7) is 3.96. The molecule has 0 spiro atoms. The number of rotatable bonds is 3. The summed E-state index contributed by atoms with van der Waals surface area (Å²) >= 11 is 5.87. The van der Waals surface area contributed by atoms with Crippen molar-refractivity contribution in [3.8, 4) is 0 Å². The molecular weight excluding hydrogens is 324 g/mol. The number of imidazole rings is 1. The lowest BCUT2D eigenvalue weighted by Gasteiger charge is -2.42. The van der Waals surface area contributed by atoms with Crippen molar-refractivity contribution < 1.29 is 8.42 Å². The van der Waals surface area contributed by atoms with E-state index >= 15 is 0 Å². The van der Waals surface area contributed by atoms with Crippen LogP contribution in [0.25, 0.3) is 0 Å². The van der Waals surface area contributed by atoms with Gasteiger partial charge in [0.15, 0.2) is 5.03 Å². The molecule has 0 amide bonds. The van der Waals surface area contributed by atoms with Crippen molar-refractivity contribution in [3.05, 3.63) is 11.5 Å². The molecular formula is C14H23ClN4O2S. The quantitative estimate of drug-likeness (QED) is 0.836. The predicted octanol–water partition coefficient (Wildman–Crippen LogP) is 1.71. The van der Waals surface area contributed by atoms with Crippen LogP contribution in [-0.2, 0) is 17.1 Å². The van der Waals surface area contributed by atoms with Crippen LogP contribution in [0.4, 0.5) is 0 Å². The minimum Gasteiger partial charge on any atom is -0.323 e. The number of aromatic nitrogens is 2. The standard InChI is InChI=1S/C14H23ClN4O2S/c1-11-9-18(7-8-19(11)12-5-3-4-6-12)22(20,21)13-10-17(2)14(15)16-13/h10-12H,3-9H2,1-2H3. The summed E-state index contributed by atoms with van der Waals surface area (Å²) in [6.07, 6.45) is 6.55. The van der Waals surface area contributed by atoms with Crippen LogP contribution < -0.4 is 0 Å². The van der Waals surface area contributed by atoms with Gasteiger partial charge in [-0.3, -0.25) is 4.90 Å². The smallest absolute Gasteiger partial charge is 0.262 e. The summed E-state index contributed by atoms with van der Waals surface area (Å²) in [5.74, 6) is 0. The highest BCUT2D eigenvalue weighted by Gasteiger charge is 2.36. The maximum Gasteiger partial charge on any atom is 0.262 e. The Labute approximate surface area is 137 Å². The lowest BCUT2D eigenvalue weighted by molar-refractivity contribution is 0.0852. The Hall–Kier alpha value is -0.630. The summed E-state index contributed by atoms with van der Waals surface area (Å²) in [4.78, 5) is 6.44. The van der Waals surface area contributed by atoms with Gasteiger partial charge in [-0.05, 0) is 31.4 Å². The number of piperazine rings is 1. The molecule has 0 aromatic carbocycles. The molecule has 124 valence electrons. The monoisotopic (exact) mass is 346 g/mol. The first-order valence-corrected chi connectivity index (χ1v) is 9.66. The third-order valence-electron chi connectivity index (χ3n) is 4.84. The van der Waals surface area contributed by atoms with Gasteiger partial charge in [0.25, 0.3) is 10.0 Å². The van der Waals surface area contributed by atoms with Crippen molar-refractivity contribution in [3.63, 3.8) is 0 Å². The van der Waals surface area contributed by atoms with Crippen molar-refractivity contribution in [1.29, 1.82) is 0 Å². The lowest BCUT2D eigenvalue weighted by Crippen LogP contribution is -2.56. The molecule has 22 heavy (non-hydrogen) atoms. The van der Waals surface area contributed by atoms with Crippen LogP contribution in [0, 0.1) is 0 Å². The molecule has 8 heteroatoms. The minimum absolute atomic E-state index is 0.0431. The van der Waals surface area contributed by atoms with E-state index in [0.29, 0.717) is 19.1 Å². The summed E-state index contributed by atoms with van der Waals surface area (Å²) < 4.78 is 28.5. The Morgan fingerprint density at radius 1 is 1.27 bits per heavy atom. The van der Waals surface area contributed by atoms with Gasteiger partial charge in [0, 0.05) is 45.0 Å². The van der Waals surface area contributed by atoms with E-state index in [1.807, 2.05) is 0 Å². The van der Waals surface area contributed by atoms with Crippen molar-refractivity contribution >= 4 is 21.6 Å². The molecule has 1 atom stereocenters. The number of aryl methyl sites for hydroxylation is 1. The van der Waals surface area contributed by atoms with Crippen LogP contribution in [0.15, 0.2) is 11.2 Å². The minimum atomic E-state index is -3.55. The number of nitrogens with zero attached hydrogens (tertiary/aromatic N) is 4. The van der Waals surface area contributed by atoms with Crippen LogP contribution in [0.5, 0.6) is 0 Å². The topological polar surface area (TPSA) is 58.4 Å². The van der Waals surface area contributed by atoms with Gasteiger partial charge in [0.1, 0.15) is 0 Å². The van der Waals surface area contributed by atoms with Crippen LogP contribution in [0.3, 0.4) is 0 Å².